The van der Waals surface area contributed by atoms with Crippen molar-refractivity contribution in [3.8, 4) is 5.95 Å². The van der Waals surface area contributed by atoms with Crippen LogP contribution in [0.15, 0.2) is 12.7 Å². The molecule has 8 nitrogen and oxygen atoms in total. The summed E-state index contributed by atoms with van der Waals surface area (Å²) in [7, 11) is 0. The number of hydrogen-bond donors (Lipinski definition) is 2. The first-order chi connectivity index (χ1) is 10.2. The topological polar surface area (TPSA) is 102 Å². The van der Waals surface area contributed by atoms with Gasteiger partial charge in [-0.15, -0.1) is 0 Å². The Balaban J connectivity index is 1.68. The van der Waals surface area contributed by atoms with E-state index < -0.39 is 0 Å². The summed E-state index contributed by atoms with van der Waals surface area (Å²) in [4.78, 5) is 16.2. The summed E-state index contributed by atoms with van der Waals surface area (Å²) in [6.45, 7) is 0.703. The molecule has 1 saturated carbocycles. The highest BCUT2D eigenvalue weighted by Gasteiger charge is 2.20. The average Bonchev–Trinajstić information content (AvgIpc) is 2.99. The van der Waals surface area contributed by atoms with Crippen LogP contribution in [0.25, 0.3) is 5.95 Å². The van der Waals surface area contributed by atoms with Gasteiger partial charge in [-0.2, -0.15) is 24.7 Å². The molecule has 1 aliphatic rings. The number of anilines is 1. The maximum atomic E-state index is 9.68. The van der Waals surface area contributed by atoms with Crippen LogP contribution in [-0.2, 0) is 0 Å². The summed E-state index contributed by atoms with van der Waals surface area (Å²) < 4.78 is 1.42. The largest absolute Gasteiger partial charge is 0.393 e. The molecule has 1 aliphatic carbocycles. The molecule has 0 spiro atoms. The lowest BCUT2D eigenvalue weighted by atomic mass is 9.87. The third kappa shape index (κ3) is 3.64. The minimum Gasteiger partial charge on any atom is -0.393 e. The van der Waals surface area contributed by atoms with Gasteiger partial charge >= 0.3 is 0 Å². The maximum absolute atomic E-state index is 9.68. The zero-order valence-electron chi connectivity index (χ0n) is 11.4. The first kappa shape index (κ1) is 14.2. The van der Waals surface area contributed by atoms with Crippen LogP contribution in [0.1, 0.15) is 25.7 Å². The van der Waals surface area contributed by atoms with E-state index in [-0.39, 0.29) is 11.4 Å². The molecule has 21 heavy (non-hydrogen) atoms. The lowest BCUT2D eigenvalue weighted by Crippen LogP contribution is -2.25. The molecule has 0 aromatic carbocycles. The standard InChI is InChI=1S/C12H16ClN7O/c13-10-17-11(15-5-8-2-1-3-9(21)4-8)19-12(18-10)20-7-14-6-16-20/h6-9,21H,1-5H2,(H,15,17,18,19). The van der Waals surface area contributed by atoms with Gasteiger partial charge < -0.3 is 10.4 Å². The van der Waals surface area contributed by atoms with Crippen molar-refractivity contribution in [3.05, 3.63) is 17.9 Å². The lowest BCUT2D eigenvalue weighted by Gasteiger charge is -2.25. The number of rotatable bonds is 4. The van der Waals surface area contributed by atoms with Crippen LogP contribution in [0, 0.1) is 5.92 Å². The predicted molar refractivity (Wildman–Crippen MR) is 76.2 cm³/mol. The second-order valence-electron chi connectivity index (χ2n) is 5.14. The summed E-state index contributed by atoms with van der Waals surface area (Å²) >= 11 is 5.91. The van der Waals surface area contributed by atoms with E-state index in [0.717, 1.165) is 25.7 Å². The molecule has 2 aromatic rings. The van der Waals surface area contributed by atoms with Gasteiger partial charge in [0.15, 0.2) is 0 Å². The Morgan fingerprint density at radius 3 is 3.00 bits per heavy atom. The van der Waals surface area contributed by atoms with Crippen molar-refractivity contribution in [2.45, 2.75) is 31.8 Å². The van der Waals surface area contributed by atoms with Crippen LogP contribution in [0.5, 0.6) is 0 Å². The van der Waals surface area contributed by atoms with E-state index in [2.05, 4.69) is 30.4 Å². The quantitative estimate of drug-likeness (QED) is 0.871. The highest BCUT2D eigenvalue weighted by Crippen LogP contribution is 2.24. The number of hydrogen-bond acceptors (Lipinski definition) is 7. The molecular weight excluding hydrogens is 294 g/mol. The molecule has 0 bridgehead atoms. The number of nitrogens with zero attached hydrogens (tertiary/aromatic N) is 6. The van der Waals surface area contributed by atoms with E-state index in [0.29, 0.717) is 24.4 Å². The summed E-state index contributed by atoms with van der Waals surface area (Å²) in [5.41, 5.74) is 0. The first-order valence-corrected chi connectivity index (χ1v) is 7.27. The van der Waals surface area contributed by atoms with Crippen LogP contribution < -0.4 is 5.32 Å². The van der Waals surface area contributed by atoms with Gasteiger partial charge in [0.1, 0.15) is 12.7 Å². The predicted octanol–water partition coefficient (Wildman–Crippen LogP) is 1.07. The van der Waals surface area contributed by atoms with Gasteiger partial charge in [-0.1, -0.05) is 6.42 Å². The molecule has 2 N–H and O–H groups in total. The fraction of sp³-hybridized carbons (Fsp3) is 0.583. The molecule has 1 fully saturated rings. The average molecular weight is 310 g/mol. The Labute approximate surface area is 126 Å². The number of aliphatic hydroxyl groups is 1. The van der Waals surface area contributed by atoms with Gasteiger partial charge in [0.2, 0.25) is 11.2 Å². The second-order valence-corrected chi connectivity index (χ2v) is 5.47. The highest BCUT2D eigenvalue weighted by molar-refractivity contribution is 6.28. The number of nitrogens with one attached hydrogen (secondary N) is 1. The molecule has 2 heterocycles. The van der Waals surface area contributed by atoms with Crippen molar-refractivity contribution >= 4 is 17.5 Å². The van der Waals surface area contributed by atoms with E-state index >= 15 is 0 Å². The molecule has 2 aromatic heterocycles. The highest BCUT2D eigenvalue weighted by atomic mass is 35.5. The van der Waals surface area contributed by atoms with Crippen LogP contribution >= 0.6 is 11.6 Å². The van der Waals surface area contributed by atoms with Gasteiger partial charge in [-0.05, 0) is 36.8 Å². The van der Waals surface area contributed by atoms with Gasteiger partial charge in [0.25, 0.3) is 5.95 Å². The fourth-order valence-electron chi connectivity index (χ4n) is 2.52. The normalized spacial score (nSPS) is 22.2. The van der Waals surface area contributed by atoms with Crippen LogP contribution in [-0.4, -0.2) is 47.5 Å². The molecule has 9 heteroatoms. The minimum atomic E-state index is -0.196. The van der Waals surface area contributed by atoms with E-state index in [1.165, 1.54) is 17.3 Å². The summed E-state index contributed by atoms with van der Waals surface area (Å²) in [5.74, 6) is 1.14. The van der Waals surface area contributed by atoms with Crippen molar-refractivity contribution in [2.24, 2.45) is 5.92 Å². The maximum Gasteiger partial charge on any atom is 0.258 e. The molecule has 0 aliphatic heterocycles. The third-order valence-electron chi connectivity index (χ3n) is 3.52. The molecule has 0 radical (unpaired) electrons. The molecular formula is C12H16ClN7O. The van der Waals surface area contributed by atoms with Gasteiger partial charge in [0, 0.05) is 6.54 Å². The molecule has 112 valence electrons. The summed E-state index contributed by atoms with van der Waals surface area (Å²) in [6, 6.07) is 0. The van der Waals surface area contributed by atoms with Gasteiger partial charge in [0.05, 0.1) is 6.10 Å². The number of aliphatic hydroxyl groups excluding tert-OH is 1. The van der Waals surface area contributed by atoms with Gasteiger partial charge in [-0.3, -0.25) is 0 Å². The van der Waals surface area contributed by atoms with Crippen molar-refractivity contribution in [2.75, 3.05) is 11.9 Å². The Morgan fingerprint density at radius 2 is 2.24 bits per heavy atom. The van der Waals surface area contributed by atoms with E-state index in [4.69, 9.17) is 11.6 Å². The van der Waals surface area contributed by atoms with Crippen LogP contribution in [0.2, 0.25) is 5.28 Å². The van der Waals surface area contributed by atoms with Crippen molar-refractivity contribution in [1.29, 1.82) is 0 Å². The summed E-state index contributed by atoms with van der Waals surface area (Å²) in [5, 5.41) is 16.9. The van der Waals surface area contributed by atoms with E-state index in [9.17, 15) is 5.11 Å². The molecule has 2 atom stereocenters. The molecule has 2 unspecified atom stereocenters. The van der Waals surface area contributed by atoms with Crippen LogP contribution in [0.3, 0.4) is 0 Å². The summed E-state index contributed by atoms with van der Waals surface area (Å²) in [6.07, 6.45) is 6.54. The van der Waals surface area contributed by atoms with E-state index in [1.807, 2.05) is 0 Å². The van der Waals surface area contributed by atoms with Crippen molar-refractivity contribution in [1.82, 2.24) is 29.7 Å². The Bertz CT molecular complexity index is 591. The minimum absolute atomic E-state index is 0.0988. The first-order valence-electron chi connectivity index (χ1n) is 6.89. The Hall–Kier alpha value is -1.80. The molecule has 3 rings (SSSR count). The van der Waals surface area contributed by atoms with E-state index in [1.54, 1.807) is 0 Å². The monoisotopic (exact) mass is 309 g/mol. The Kier molecular flexibility index (Phi) is 4.26. The smallest absolute Gasteiger partial charge is 0.258 e. The fourth-order valence-corrected chi connectivity index (χ4v) is 2.67. The number of aromatic nitrogens is 6. The van der Waals surface area contributed by atoms with Crippen molar-refractivity contribution in [3.63, 3.8) is 0 Å². The lowest BCUT2D eigenvalue weighted by molar-refractivity contribution is 0.104. The third-order valence-corrected chi connectivity index (χ3v) is 3.69. The Morgan fingerprint density at radius 1 is 1.33 bits per heavy atom. The molecule has 0 amide bonds. The van der Waals surface area contributed by atoms with Gasteiger partial charge in [-0.25, -0.2) is 4.98 Å². The zero-order valence-corrected chi connectivity index (χ0v) is 12.1. The number of halogens is 1. The zero-order chi connectivity index (χ0) is 14.7. The molecule has 0 saturated heterocycles. The van der Waals surface area contributed by atoms with Crippen LogP contribution in [0.4, 0.5) is 5.95 Å². The second kappa shape index (κ2) is 6.31. The SMILES string of the molecule is OC1CCCC(CNc2nc(Cl)nc(-n3cncn3)n2)C1. The van der Waals surface area contributed by atoms with Crippen molar-refractivity contribution < 1.29 is 5.11 Å².